The van der Waals surface area contributed by atoms with Crippen LogP contribution in [0.1, 0.15) is 43.2 Å². The van der Waals surface area contributed by atoms with Crippen molar-refractivity contribution in [3.8, 4) is 39.6 Å². The van der Waals surface area contributed by atoms with Gasteiger partial charge in [-0.05, 0) is 52.4 Å². The Kier molecular flexibility index (Phi) is 9.26. The zero-order valence-electron chi connectivity index (χ0n) is 34.9. The molecule has 0 amide bonds. The predicted octanol–water partition coefficient (Wildman–Crippen LogP) is 13.9. The number of fused-ring (bicyclic) bond motifs is 5. The average molecular weight is 907 g/mol. The molecule has 0 N–H and O–H groups in total. The summed E-state index contributed by atoms with van der Waals surface area (Å²) >= 11 is -0.0273. The van der Waals surface area contributed by atoms with Crippen molar-refractivity contribution in [1.82, 2.24) is 9.55 Å². The van der Waals surface area contributed by atoms with Gasteiger partial charge in [-0.25, -0.2) is 0 Å². The third kappa shape index (κ3) is 6.66. The molecule has 0 saturated heterocycles. The fourth-order valence-corrected chi connectivity index (χ4v) is 12.4. The molecule has 0 atom stereocenters. The summed E-state index contributed by atoms with van der Waals surface area (Å²) in [6, 6.07) is 61.3. The Balaban J connectivity index is 0.993. The summed E-state index contributed by atoms with van der Waals surface area (Å²) in [5.41, 5.74) is 17.1. The van der Waals surface area contributed by atoms with E-state index in [1.165, 1.54) is 75.7 Å². The van der Waals surface area contributed by atoms with Gasteiger partial charge in [0.2, 0.25) is 0 Å². The molecule has 7 aromatic carbocycles. The summed E-state index contributed by atoms with van der Waals surface area (Å²) in [7, 11) is 0. The standard InChI is InChI=1S/C55H46N4OTe/c1-36-28-53(56-48-34-61-33-47(36)48)59-49-23-12-11-22-43(49)44-27-26-42(32-52(44)59)60-41-21-15-20-40(31-41)57-35-58(51-25-14-13-24-50(51)57)54-45(37-16-7-5-8-17-37)29-39(55(2,3)4)30-46(54)38-18-9-6-10-19-38/h5-32H,33-35H2,1-4H3. The van der Waals surface area contributed by atoms with Crippen LogP contribution in [0.3, 0.4) is 0 Å². The van der Waals surface area contributed by atoms with Gasteiger partial charge in [0.15, 0.2) is 0 Å². The number of anilines is 4. The topological polar surface area (TPSA) is 33.5 Å². The van der Waals surface area contributed by atoms with E-state index in [0.717, 1.165) is 39.7 Å². The molecular formula is C55H46N4OTe. The summed E-state index contributed by atoms with van der Waals surface area (Å²) in [5.74, 6) is 2.57. The number of nitrogens with zero attached hydrogens (tertiary/aromatic N) is 4. The summed E-state index contributed by atoms with van der Waals surface area (Å²) in [6.45, 7) is 9.80. The molecule has 298 valence electrons. The van der Waals surface area contributed by atoms with E-state index in [1.54, 1.807) is 0 Å². The first-order chi connectivity index (χ1) is 29.8. The van der Waals surface area contributed by atoms with E-state index < -0.39 is 0 Å². The van der Waals surface area contributed by atoms with E-state index in [9.17, 15) is 0 Å². The van der Waals surface area contributed by atoms with Gasteiger partial charge < -0.3 is 9.80 Å². The number of benzene rings is 7. The van der Waals surface area contributed by atoms with Gasteiger partial charge in [-0.2, -0.15) is 0 Å². The van der Waals surface area contributed by atoms with Crippen LogP contribution in [-0.2, 0) is 14.4 Å². The summed E-state index contributed by atoms with van der Waals surface area (Å²) in [5, 5.41) is 2.41. The molecule has 11 rings (SSSR count). The zero-order valence-corrected chi connectivity index (χ0v) is 37.2. The molecule has 0 bridgehead atoms. The van der Waals surface area contributed by atoms with Gasteiger partial charge in [0.1, 0.15) is 6.67 Å². The first-order valence-corrected chi connectivity index (χ1v) is 24.4. The van der Waals surface area contributed by atoms with E-state index in [4.69, 9.17) is 9.72 Å². The van der Waals surface area contributed by atoms with Crippen LogP contribution in [0.5, 0.6) is 11.5 Å². The Morgan fingerprint density at radius 1 is 0.574 bits per heavy atom. The monoisotopic (exact) mass is 908 g/mol. The van der Waals surface area contributed by atoms with Crippen molar-refractivity contribution in [2.45, 2.75) is 42.0 Å². The SMILES string of the molecule is Cc1cc(-n2c3ccccc3c3ccc(Oc4cccc(N5CN(c6c(-c7ccccc7)cc(C(C)(C)C)cc6-c6ccccc6)c6ccccc65)c4)cc32)nc2c1C[Te]C2. The Morgan fingerprint density at radius 2 is 1.21 bits per heavy atom. The van der Waals surface area contributed by atoms with Crippen molar-refractivity contribution in [2.75, 3.05) is 16.5 Å². The van der Waals surface area contributed by atoms with E-state index in [2.05, 4.69) is 212 Å². The molecule has 0 spiro atoms. The summed E-state index contributed by atoms with van der Waals surface area (Å²) in [4.78, 5) is 10.2. The molecule has 2 aliphatic heterocycles. The molecule has 0 unspecified atom stereocenters. The van der Waals surface area contributed by atoms with Gasteiger partial charge in [0.05, 0.1) is 17.1 Å². The maximum absolute atomic E-state index is 6.80. The Bertz CT molecular complexity index is 3070. The van der Waals surface area contributed by atoms with Gasteiger partial charge in [0.25, 0.3) is 0 Å². The fraction of sp³-hybridized carbons (Fsp3) is 0.145. The first kappa shape index (κ1) is 37.7. The third-order valence-electron chi connectivity index (χ3n) is 12.3. The summed E-state index contributed by atoms with van der Waals surface area (Å²) in [6.07, 6.45) is 0. The van der Waals surface area contributed by atoms with Crippen LogP contribution < -0.4 is 14.5 Å². The quantitative estimate of drug-likeness (QED) is 0.149. The average Bonchev–Trinajstić information content (AvgIpc) is 4.01. The van der Waals surface area contributed by atoms with Crippen molar-refractivity contribution in [2.24, 2.45) is 0 Å². The molecule has 61 heavy (non-hydrogen) atoms. The van der Waals surface area contributed by atoms with Gasteiger partial charge in [-0.15, -0.1) is 0 Å². The predicted molar refractivity (Wildman–Crippen MR) is 255 cm³/mol. The second-order valence-electron chi connectivity index (χ2n) is 17.2. The van der Waals surface area contributed by atoms with Gasteiger partial charge in [-0.3, -0.25) is 0 Å². The maximum atomic E-state index is 6.80. The zero-order chi connectivity index (χ0) is 41.2. The number of hydrogen-bond acceptors (Lipinski definition) is 4. The van der Waals surface area contributed by atoms with Crippen molar-refractivity contribution in [1.29, 1.82) is 0 Å². The van der Waals surface area contributed by atoms with Gasteiger partial charge in [-0.1, -0.05) is 93.6 Å². The molecule has 2 aliphatic rings. The summed E-state index contributed by atoms with van der Waals surface area (Å²) < 4.78 is 11.5. The number of para-hydroxylation sites is 3. The van der Waals surface area contributed by atoms with Crippen LogP contribution in [0.4, 0.5) is 22.7 Å². The van der Waals surface area contributed by atoms with Crippen LogP contribution >= 0.6 is 0 Å². The second-order valence-corrected chi connectivity index (χ2v) is 20.0. The third-order valence-corrected chi connectivity index (χ3v) is 15.1. The number of rotatable bonds is 7. The number of aromatic nitrogens is 2. The molecule has 0 aliphatic carbocycles. The number of aryl methyl sites for hydroxylation is 1. The van der Waals surface area contributed by atoms with Crippen molar-refractivity contribution < 1.29 is 4.74 Å². The molecule has 4 heterocycles. The molecule has 0 saturated carbocycles. The van der Waals surface area contributed by atoms with E-state index in [1.807, 2.05) is 0 Å². The Labute approximate surface area is 368 Å². The van der Waals surface area contributed by atoms with Gasteiger partial charge >= 0.3 is 179 Å². The fourth-order valence-electron chi connectivity index (χ4n) is 9.20. The second kappa shape index (κ2) is 15.0. The minimum atomic E-state index is -0.0409. The van der Waals surface area contributed by atoms with Crippen molar-refractivity contribution in [3.63, 3.8) is 0 Å². The molecule has 6 heteroatoms. The number of hydrogen-bond donors (Lipinski definition) is 0. The van der Waals surface area contributed by atoms with Crippen molar-refractivity contribution >= 4 is 65.5 Å². The normalized spacial score (nSPS) is 13.6. The minimum absolute atomic E-state index is 0.0273. The van der Waals surface area contributed by atoms with Crippen LogP contribution in [0.2, 0.25) is 0 Å². The van der Waals surface area contributed by atoms with E-state index in [-0.39, 0.29) is 26.3 Å². The molecule has 0 radical (unpaired) electrons. The Hall–Kier alpha value is -6.32. The van der Waals surface area contributed by atoms with E-state index >= 15 is 0 Å². The molecular weight excluding hydrogens is 860 g/mol. The first-order valence-electron chi connectivity index (χ1n) is 21.1. The molecule has 9 aromatic rings. The number of ether oxygens (including phenoxy) is 1. The van der Waals surface area contributed by atoms with Gasteiger partial charge in [0, 0.05) is 11.1 Å². The molecule has 5 nitrogen and oxygen atoms in total. The molecule has 2 aromatic heterocycles. The molecule has 0 fully saturated rings. The number of pyridine rings is 1. The Morgan fingerprint density at radius 3 is 1.93 bits per heavy atom. The van der Waals surface area contributed by atoms with Crippen LogP contribution in [0, 0.1) is 6.92 Å². The van der Waals surface area contributed by atoms with Crippen LogP contribution in [0.25, 0.3) is 49.9 Å². The van der Waals surface area contributed by atoms with E-state index in [0.29, 0.717) is 6.67 Å². The van der Waals surface area contributed by atoms with Crippen molar-refractivity contribution in [3.05, 3.63) is 192 Å². The van der Waals surface area contributed by atoms with Crippen LogP contribution in [-0.4, -0.2) is 37.1 Å². The van der Waals surface area contributed by atoms with Crippen LogP contribution in [0.15, 0.2) is 170 Å².